The summed E-state index contributed by atoms with van der Waals surface area (Å²) in [7, 11) is 4.93. The van der Waals surface area contributed by atoms with E-state index in [4.69, 9.17) is 15.0 Å². The van der Waals surface area contributed by atoms with Crippen molar-refractivity contribution in [1.82, 2.24) is 10.5 Å². The van der Waals surface area contributed by atoms with Gasteiger partial charge in [0, 0.05) is 31.7 Å². The van der Waals surface area contributed by atoms with Crippen LogP contribution in [0.25, 0.3) is 11.3 Å². The topological polar surface area (TPSA) is 93.6 Å². The number of benzene rings is 1. The molecule has 1 heterocycles. The molecule has 1 aromatic carbocycles. The van der Waals surface area contributed by atoms with Crippen LogP contribution in [0, 0.1) is 5.82 Å². The quantitative estimate of drug-likeness (QED) is 0.847. The predicted octanol–water partition coefficient (Wildman–Crippen LogP) is 2.16. The smallest absolute Gasteiger partial charge is 0.259 e. The minimum Gasteiger partial charge on any atom is -0.494 e. The molecule has 140 valence electrons. The second-order valence-corrected chi connectivity index (χ2v) is 6.70. The normalized spacial score (nSPS) is 19.4. The van der Waals surface area contributed by atoms with Crippen LogP contribution in [0.4, 0.5) is 10.2 Å². The van der Waals surface area contributed by atoms with Crippen molar-refractivity contribution in [2.45, 2.75) is 31.3 Å². The maximum atomic E-state index is 13.7. The first-order valence-electron chi connectivity index (χ1n) is 8.48. The Bertz CT molecular complexity index is 806. The average Bonchev–Trinajstić information content (AvgIpc) is 3.21. The van der Waals surface area contributed by atoms with Crippen molar-refractivity contribution in [3.8, 4) is 17.1 Å². The molecule has 1 aromatic heterocycles. The van der Waals surface area contributed by atoms with Crippen LogP contribution in [-0.2, 0) is 0 Å². The molecule has 0 saturated heterocycles. The van der Waals surface area contributed by atoms with E-state index in [1.54, 1.807) is 19.0 Å². The number of nitrogens with zero attached hydrogens (tertiary/aromatic N) is 2. The van der Waals surface area contributed by atoms with E-state index in [9.17, 15) is 9.18 Å². The molecule has 3 rings (SSSR count). The van der Waals surface area contributed by atoms with Gasteiger partial charge in [-0.25, -0.2) is 4.39 Å². The maximum absolute atomic E-state index is 13.7. The molecule has 1 fully saturated rings. The van der Waals surface area contributed by atoms with Gasteiger partial charge in [-0.05, 0) is 37.5 Å². The van der Waals surface area contributed by atoms with Gasteiger partial charge in [0.25, 0.3) is 5.91 Å². The fourth-order valence-corrected chi connectivity index (χ4v) is 3.19. The van der Waals surface area contributed by atoms with E-state index in [0.29, 0.717) is 16.9 Å². The van der Waals surface area contributed by atoms with Crippen molar-refractivity contribution in [2.24, 2.45) is 5.73 Å². The van der Waals surface area contributed by atoms with Gasteiger partial charge in [-0.3, -0.25) is 4.79 Å². The Morgan fingerprint density at radius 2 is 2.19 bits per heavy atom. The highest BCUT2D eigenvalue weighted by Gasteiger charge is 2.29. The number of amides is 1. The second kappa shape index (κ2) is 7.33. The fourth-order valence-electron chi connectivity index (χ4n) is 3.19. The highest BCUT2D eigenvalue weighted by molar-refractivity contribution is 6.04. The van der Waals surface area contributed by atoms with Crippen LogP contribution in [0.3, 0.4) is 0 Å². The number of nitrogens with two attached hydrogens (primary N) is 1. The van der Waals surface area contributed by atoms with E-state index in [1.165, 1.54) is 25.3 Å². The lowest BCUT2D eigenvalue weighted by Gasteiger charge is -2.15. The predicted molar refractivity (Wildman–Crippen MR) is 95.9 cm³/mol. The average molecular weight is 362 g/mol. The zero-order valence-electron chi connectivity index (χ0n) is 15.1. The van der Waals surface area contributed by atoms with E-state index in [1.807, 2.05) is 0 Å². The summed E-state index contributed by atoms with van der Waals surface area (Å²) < 4.78 is 24.2. The Hall–Kier alpha value is -2.61. The van der Waals surface area contributed by atoms with Crippen molar-refractivity contribution < 1.29 is 18.4 Å². The van der Waals surface area contributed by atoms with Crippen LogP contribution in [0.15, 0.2) is 22.7 Å². The van der Waals surface area contributed by atoms with Crippen molar-refractivity contribution in [2.75, 3.05) is 26.1 Å². The van der Waals surface area contributed by atoms with Gasteiger partial charge >= 0.3 is 0 Å². The number of aromatic nitrogens is 1. The number of carbonyl (C=O) groups is 1. The second-order valence-electron chi connectivity index (χ2n) is 6.70. The van der Waals surface area contributed by atoms with E-state index >= 15 is 0 Å². The molecule has 3 N–H and O–H groups in total. The number of anilines is 1. The number of nitrogens with one attached hydrogen (secondary N) is 1. The lowest BCUT2D eigenvalue weighted by Crippen LogP contribution is -2.34. The number of hydrogen-bond acceptors (Lipinski definition) is 6. The van der Waals surface area contributed by atoms with Gasteiger partial charge in [-0.15, -0.1) is 0 Å². The number of rotatable bonds is 5. The summed E-state index contributed by atoms with van der Waals surface area (Å²) in [5.41, 5.74) is 6.75. The summed E-state index contributed by atoms with van der Waals surface area (Å²) in [5.74, 6) is -0.0322. The molecule has 8 heteroatoms. The van der Waals surface area contributed by atoms with Crippen LogP contribution >= 0.6 is 0 Å². The monoisotopic (exact) mass is 362 g/mol. The Morgan fingerprint density at radius 3 is 2.81 bits per heavy atom. The molecule has 1 saturated carbocycles. The summed E-state index contributed by atoms with van der Waals surface area (Å²) in [6.45, 7) is 0. The molecule has 0 aliphatic heterocycles. The number of ether oxygens (including phenoxy) is 1. The zero-order chi connectivity index (χ0) is 18.8. The molecule has 1 amide bonds. The standard InChI is InChI=1S/C18H23FN4O3/c1-23(2)17-15(18(24)21-12-6-5-11(20)9-12)16(26-22-17)10-4-7-13(19)14(8-10)25-3/h4,7-8,11-12H,5-6,9,20H2,1-3H3,(H,21,24)/t11-,12-/m1/s1. The molecule has 2 aromatic rings. The van der Waals surface area contributed by atoms with E-state index in [-0.39, 0.29) is 29.5 Å². The lowest BCUT2D eigenvalue weighted by atomic mass is 10.1. The molecule has 26 heavy (non-hydrogen) atoms. The first kappa shape index (κ1) is 18.2. The van der Waals surface area contributed by atoms with Gasteiger partial charge in [-0.1, -0.05) is 5.16 Å². The lowest BCUT2D eigenvalue weighted by molar-refractivity contribution is 0.0938. The molecule has 0 unspecified atom stereocenters. The summed E-state index contributed by atoms with van der Waals surface area (Å²) in [6.07, 6.45) is 2.47. The van der Waals surface area contributed by atoms with Crippen molar-refractivity contribution in [1.29, 1.82) is 0 Å². The number of methoxy groups -OCH3 is 1. The Labute approximate surface area is 151 Å². The van der Waals surface area contributed by atoms with Crippen LogP contribution in [0.5, 0.6) is 5.75 Å². The molecule has 2 atom stereocenters. The summed E-state index contributed by atoms with van der Waals surface area (Å²) >= 11 is 0. The van der Waals surface area contributed by atoms with Crippen LogP contribution in [-0.4, -0.2) is 44.4 Å². The molecule has 1 aliphatic rings. The fraction of sp³-hybridized carbons (Fsp3) is 0.444. The van der Waals surface area contributed by atoms with Gasteiger partial charge in [0.05, 0.1) is 7.11 Å². The van der Waals surface area contributed by atoms with Crippen molar-refractivity contribution in [3.63, 3.8) is 0 Å². The van der Waals surface area contributed by atoms with E-state index in [0.717, 1.165) is 19.3 Å². The summed E-state index contributed by atoms with van der Waals surface area (Å²) in [5, 5.41) is 7.02. The Balaban J connectivity index is 1.97. The first-order valence-corrected chi connectivity index (χ1v) is 8.48. The van der Waals surface area contributed by atoms with Gasteiger partial charge < -0.3 is 25.2 Å². The number of carbonyl (C=O) groups excluding carboxylic acids is 1. The third-order valence-corrected chi connectivity index (χ3v) is 4.55. The maximum Gasteiger partial charge on any atom is 0.259 e. The molecule has 1 aliphatic carbocycles. The third kappa shape index (κ3) is 3.50. The third-order valence-electron chi connectivity index (χ3n) is 4.55. The number of hydrogen-bond donors (Lipinski definition) is 2. The molecule has 0 spiro atoms. The summed E-state index contributed by atoms with van der Waals surface area (Å²) in [6, 6.07) is 4.41. The van der Waals surface area contributed by atoms with Gasteiger partial charge in [0.15, 0.2) is 23.1 Å². The largest absolute Gasteiger partial charge is 0.494 e. The Morgan fingerprint density at radius 1 is 1.42 bits per heavy atom. The van der Waals surface area contributed by atoms with Crippen LogP contribution < -0.4 is 20.7 Å². The minimum absolute atomic E-state index is 0.0259. The van der Waals surface area contributed by atoms with E-state index < -0.39 is 5.82 Å². The molecular weight excluding hydrogens is 339 g/mol. The summed E-state index contributed by atoms with van der Waals surface area (Å²) in [4.78, 5) is 14.6. The Kier molecular flexibility index (Phi) is 5.13. The molecule has 7 nitrogen and oxygen atoms in total. The molecular formula is C18H23FN4O3. The first-order chi connectivity index (χ1) is 12.4. The molecule has 0 bridgehead atoms. The van der Waals surface area contributed by atoms with Crippen LogP contribution in [0.2, 0.25) is 0 Å². The van der Waals surface area contributed by atoms with Crippen molar-refractivity contribution >= 4 is 11.7 Å². The number of halogens is 1. The van der Waals surface area contributed by atoms with Gasteiger partial charge in [-0.2, -0.15) is 0 Å². The van der Waals surface area contributed by atoms with Crippen molar-refractivity contribution in [3.05, 3.63) is 29.6 Å². The molecule has 0 radical (unpaired) electrons. The minimum atomic E-state index is -0.491. The highest BCUT2D eigenvalue weighted by Crippen LogP contribution is 2.33. The van der Waals surface area contributed by atoms with Gasteiger partial charge in [0.2, 0.25) is 0 Å². The van der Waals surface area contributed by atoms with Gasteiger partial charge in [0.1, 0.15) is 5.56 Å². The van der Waals surface area contributed by atoms with E-state index in [2.05, 4.69) is 10.5 Å². The SMILES string of the molecule is COc1cc(-c2onc(N(C)C)c2C(=O)N[C@@H]2CC[C@@H](N)C2)ccc1F. The zero-order valence-corrected chi connectivity index (χ0v) is 15.1. The van der Waals surface area contributed by atoms with Crippen LogP contribution in [0.1, 0.15) is 29.6 Å². The highest BCUT2D eigenvalue weighted by atomic mass is 19.1.